The van der Waals surface area contributed by atoms with Gasteiger partial charge in [-0.3, -0.25) is 14.4 Å². The van der Waals surface area contributed by atoms with E-state index in [1.807, 2.05) is 0 Å². The molecular weight excluding hydrogens is 400 g/mol. The topological polar surface area (TPSA) is 203 Å². The lowest BCUT2D eigenvalue weighted by Gasteiger charge is -2.22. The molecule has 0 aliphatic rings. The van der Waals surface area contributed by atoms with Gasteiger partial charge in [0, 0.05) is 5.75 Å². The van der Waals surface area contributed by atoms with Gasteiger partial charge in [-0.05, 0) is 51.6 Å². The number of carboxylic acid groups (broad SMARTS) is 1. The number of hydrogen-bond donors (Lipinski definition) is 8. The fraction of sp³-hybridized carbons (Fsp3) is 0.765. The molecule has 0 saturated heterocycles. The van der Waals surface area contributed by atoms with Crippen LogP contribution in [-0.4, -0.2) is 72.3 Å². The van der Waals surface area contributed by atoms with Crippen LogP contribution in [-0.2, 0) is 19.2 Å². The summed E-state index contributed by atoms with van der Waals surface area (Å²) in [5.41, 5.74) is 16.4. The average molecular weight is 435 g/mol. The molecule has 3 amide bonds. The number of carbonyl (C=O) groups excluding carboxylic acids is 3. The van der Waals surface area contributed by atoms with Crippen molar-refractivity contribution >= 4 is 36.3 Å². The minimum Gasteiger partial charge on any atom is -0.480 e. The standard InChI is InChI=1S/C17H34N6O5S/c18-7-3-1-5-12(22-14(24)9-21-15(25)11(20)10-29)16(26)23-13(17(27)28)6-2-4-8-19/h11-13,29H,1-10,18-20H2,(H,21,25)(H,22,24)(H,23,26)(H,27,28). The van der Waals surface area contributed by atoms with E-state index < -0.39 is 41.8 Å². The number of carbonyl (C=O) groups is 4. The zero-order valence-electron chi connectivity index (χ0n) is 16.6. The fourth-order valence-corrected chi connectivity index (χ4v) is 2.58. The Hall–Kier alpha value is -1.89. The molecule has 0 aromatic carbocycles. The second kappa shape index (κ2) is 16.0. The van der Waals surface area contributed by atoms with Crippen LogP contribution in [0.4, 0.5) is 0 Å². The number of nitrogens with one attached hydrogen (secondary N) is 3. The average Bonchev–Trinajstić information content (AvgIpc) is 2.69. The Morgan fingerprint density at radius 3 is 1.90 bits per heavy atom. The first-order chi connectivity index (χ1) is 13.8. The van der Waals surface area contributed by atoms with Crippen molar-refractivity contribution in [3.05, 3.63) is 0 Å². The van der Waals surface area contributed by atoms with Gasteiger partial charge in [0.15, 0.2) is 0 Å². The number of aliphatic carboxylic acids is 1. The van der Waals surface area contributed by atoms with E-state index in [1.54, 1.807) is 0 Å². The van der Waals surface area contributed by atoms with E-state index in [-0.39, 0.29) is 25.1 Å². The Kier molecular flexibility index (Phi) is 14.9. The Morgan fingerprint density at radius 1 is 0.862 bits per heavy atom. The molecule has 0 saturated carbocycles. The Balaban J connectivity index is 4.86. The minimum atomic E-state index is -1.16. The second-order valence-corrected chi connectivity index (χ2v) is 6.96. The molecule has 168 valence electrons. The van der Waals surface area contributed by atoms with Crippen molar-refractivity contribution in [3.8, 4) is 0 Å². The minimum absolute atomic E-state index is 0.123. The molecule has 10 N–H and O–H groups in total. The fourth-order valence-electron chi connectivity index (χ4n) is 2.41. The zero-order chi connectivity index (χ0) is 22.2. The van der Waals surface area contributed by atoms with Crippen LogP contribution in [0.2, 0.25) is 0 Å². The van der Waals surface area contributed by atoms with Gasteiger partial charge in [-0.2, -0.15) is 12.6 Å². The lowest BCUT2D eigenvalue weighted by molar-refractivity contribution is -0.142. The van der Waals surface area contributed by atoms with Gasteiger partial charge in [-0.1, -0.05) is 0 Å². The molecule has 0 fully saturated rings. The third kappa shape index (κ3) is 12.3. The lowest BCUT2D eigenvalue weighted by Crippen LogP contribution is -2.53. The highest BCUT2D eigenvalue weighted by Crippen LogP contribution is 2.05. The zero-order valence-corrected chi connectivity index (χ0v) is 17.5. The highest BCUT2D eigenvalue weighted by molar-refractivity contribution is 7.80. The van der Waals surface area contributed by atoms with Gasteiger partial charge in [-0.15, -0.1) is 0 Å². The SMILES string of the molecule is NCCCCC(NC(=O)C(CCCCN)NC(=O)CNC(=O)C(N)CS)C(=O)O. The summed E-state index contributed by atoms with van der Waals surface area (Å²) < 4.78 is 0. The lowest BCUT2D eigenvalue weighted by atomic mass is 10.1. The Labute approximate surface area is 176 Å². The molecule has 0 rings (SSSR count). The number of amides is 3. The van der Waals surface area contributed by atoms with E-state index in [2.05, 4.69) is 28.6 Å². The smallest absolute Gasteiger partial charge is 0.326 e. The summed E-state index contributed by atoms with van der Waals surface area (Å²) in [6.07, 6.45) is 2.93. The van der Waals surface area contributed by atoms with Crippen molar-refractivity contribution in [2.75, 3.05) is 25.4 Å². The third-order valence-electron chi connectivity index (χ3n) is 4.12. The van der Waals surface area contributed by atoms with E-state index >= 15 is 0 Å². The van der Waals surface area contributed by atoms with Crippen LogP contribution in [0.3, 0.4) is 0 Å². The summed E-state index contributed by atoms with van der Waals surface area (Å²) in [4.78, 5) is 47.7. The number of unbranched alkanes of at least 4 members (excludes halogenated alkanes) is 2. The molecule has 0 aliphatic heterocycles. The van der Waals surface area contributed by atoms with Gasteiger partial charge in [0.05, 0.1) is 12.6 Å². The summed E-state index contributed by atoms with van der Waals surface area (Å²) in [6, 6.07) is -2.86. The molecule has 0 radical (unpaired) electrons. The highest BCUT2D eigenvalue weighted by Gasteiger charge is 2.26. The van der Waals surface area contributed by atoms with Crippen molar-refractivity contribution < 1.29 is 24.3 Å². The summed E-state index contributed by atoms with van der Waals surface area (Å²) in [6.45, 7) is 0.497. The van der Waals surface area contributed by atoms with Crippen molar-refractivity contribution in [1.29, 1.82) is 0 Å². The number of carboxylic acids is 1. The number of thiol groups is 1. The molecule has 0 heterocycles. The summed E-state index contributed by atoms with van der Waals surface area (Å²) in [7, 11) is 0. The first-order valence-electron chi connectivity index (χ1n) is 9.63. The maximum absolute atomic E-state index is 12.6. The van der Waals surface area contributed by atoms with Gasteiger partial charge in [0.2, 0.25) is 17.7 Å². The van der Waals surface area contributed by atoms with Crippen molar-refractivity contribution in [1.82, 2.24) is 16.0 Å². The van der Waals surface area contributed by atoms with Crippen LogP contribution in [0.5, 0.6) is 0 Å². The maximum atomic E-state index is 12.6. The van der Waals surface area contributed by atoms with Gasteiger partial charge in [-0.25, -0.2) is 4.79 Å². The van der Waals surface area contributed by atoms with Crippen LogP contribution in [0.15, 0.2) is 0 Å². The molecule has 11 nitrogen and oxygen atoms in total. The number of hydrogen-bond acceptors (Lipinski definition) is 8. The Bertz CT molecular complexity index is 536. The van der Waals surface area contributed by atoms with Crippen molar-refractivity contribution in [2.45, 2.75) is 56.7 Å². The summed E-state index contributed by atoms with van der Waals surface area (Å²) in [5.74, 6) is -2.76. The van der Waals surface area contributed by atoms with Gasteiger partial charge in [0.25, 0.3) is 0 Å². The molecular formula is C17H34N6O5S. The number of nitrogens with two attached hydrogens (primary N) is 3. The first-order valence-corrected chi connectivity index (χ1v) is 10.3. The number of rotatable bonds is 16. The molecule has 12 heteroatoms. The van der Waals surface area contributed by atoms with E-state index in [1.165, 1.54) is 0 Å². The van der Waals surface area contributed by atoms with Crippen LogP contribution >= 0.6 is 12.6 Å². The molecule has 0 spiro atoms. The van der Waals surface area contributed by atoms with E-state index in [0.29, 0.717) is 38.8 Å². The van der Waals surface area contributed by atoms with Crippen molar-refractivity contribution in [3.63, 3.8) is 0 Å². The first kappa shape index (κ1) is 27.1. The molecule has 29 heavy (non-hydrogen) atoms. The third-order valence-corrected chi connectivity index (χ3v) is 4.51. The maximum Gasteiger partial charge on any atom is 0.326 e. The predicted molar refractivity (Wildman–Crippen MR) is 112 cm³/mol. The van der Waals surface area contributed by atoms with E-state index in [9.17, 15) is 24.3 Å². The monoisotopic (exact) mass is 434 g/mol. The summed E-state index contributed by atoms with van der Waals surface area (Å²) in [5, 5.41) is 16.6. The second-order valence-electron chi connectivity index (χ2n) is 6.60. The normalized spacial score (nSPS) is 13.8. The largest absolute Gasteiger partial charge is 0.480 e. The van der Waals surface area contributed by atoms with Crippen LogP contribution in [0.25, 0.3) is 0 Å². The van der Waals surface area contributed by atoms with Crippen LogP contribution in [0, 0.1) is 0 Å². The molecule has 3 unspecified atom stereocenters. The predicted octanol–water partition coefficient (Wildman–Crippen LogP) is -2.33. The highest BCUT2D eigenvalue weighted by atomic mass is 32.1. The van der Waals surface area contributed by atoms with E-state index in [0.717, 1.165) is 0 Å². The molecule has 0 aromatic rings. The van der Waals surface area contributed by atoms with Crippen LogP contribution < -0.4 is 33.2 Å². The van der Waals surface area contributed by atoms with Crippen LogP contribution in [0.1, 0.15) is 38.5 Å². The van der Waals surface area contributed by atoms with Gasteiger partial charge < -0.3 is 38.3 Å². The van der Waals surface area contributed by atoms with Crippen molar-refractivity contribution in [2.24, 2.45) is 17.2 Å². The van der Waals surface area contributed by atoms with E-state index in [4.69, 9.17) is 17.2 Å². The molecule has 0 aromatic heterocycles. The van der Waals surface area contributed by atoms with Gasteiger partial charge in [0.1, 0.15) is 12.1 Å². The Morgan fingerprint density at radius 2 is 1.41 bits per heavy atom. The molecule has 0 aliphatic carbocycles. The summed E-state index contributed by atoms with van der Waals surface area (Å²) >= 11 is 3.90. The van der Waals surface area contributed by atoms with Gasteiger partial charge >= 0.3 is 5.97 Å². The molecule has 0 bridgehead atoms. The molecule has 3 atom stereocenters. The quantitative estimate of drug-likeness (QED) is 0.0975.